The van der Waals surface area contributed by atoms with Gasteiger partial charge < -0.3 is 25.1 Å². The average molecular weight is 496 g/mol. The Morgan fingerprint density at radius 3 is 2.69 bits per heavy atom. The molecule has 0 saturated heterocycles. The van der Waals surface area contributed by atoms with E-state index in [1.807, 2.05) is 45.2 Å². The van der Waals surface area contributed by atoms with Gasteiger partial charge in [0.05, 0.1) is 6.20 Å². The number of ether oxygens (including phenoxy) is 2. The van der Waals surface area contributed by atoms with E-state index in [0.29, 0.717) is 16.7 Å². The van der Waals surface area contributed by atoms with Crippen molar-refractivity contribution in [2.24, 2.45) is 0 Å². The highest BCUT2D eigenvalue weighted by Crippen LogP contribution is 2.33. The summed E-state index contributed by atoms with van der Waals surface area (Å²) in [7, 11) is 0. The molecule has 0 aromatic carbocycles. The molecule has 0 atom stereocenters. The fourth-order valence-electron chi connectivity index (χ4n) is 4.22. The Morgan fingerprint density at radius 2 is 1.97 bits per heavy atom. The SMILES string of the molecule is C#CCOc1cnc2[nH]cc(-c3cc(Cl)nc(NC4CCC(NC(=O)OC(C)(C)C)CC4)c3)c2c1. The molecule has 1 fully saturated rings. The van der Waals surface area contributed by atoms with Gasteiger partial charge in [-0.15, -0.1) is 6.42 Å². The molecule has 184 valence electrons. The minimum atomic E-state index is -0.504. The van der Waals surface area contributed by atoms with E-state index in [4.69, 9.17) is 27.5 Å². The zero-order valence-corrected chi connectivity index (χ0v) is 20.9. The Kier molecular flexibility index (Phi) is 7.37. The average Bonchev–Trinajstić information content (AvgIpc) is 3.21. The van der Waals surface area contributed by atoms with E-state index in [-0.39, 0.29) is 24.8 Å². The molecule has 9 heteroatoms. The van der Waals surface area contributed by atoms with Gasteiger partial charge >= 0.3 is 6.09 Å². The van der Waals surface area contributed by atoms with E-state index in [0.717, 1.165) is 47.8 Å². The Hall–Kier alpha value is -3.44. The lowest BCUT2D eigenvalue weighted by atomic mass is 9.91. The van der Waals surface area contributed by atoms with Crippen molar-refractivity contribution in [1.29, 1.82) is 0 Å². The molecule has 1 saturated carbocycles. The van der Waals surface area contributed by atoms with Crippen LogP contribution >= 0.6 is 11.6 Å². The number of rotatable bonds is 6. The van der Waals surface area contributed by atoms with E-state index in [1.165, 1.54) is 0 Å². The Labute approximate surface area is 210 Å². The topological polar surface area (TPSA) is 101 Å². The molecule has 3 aromatic heterocycles. The van der Waals surface area contributed by atoms with Crippen LogP contribution in [0.1, 0.15) is 46.5 Å². The van der Waals surface area contributed by atoms with Crippen LogP contribution in [0.3, 0.4) is 0 Å². The third-order valence-corrected chi connectivity index (χ3v) is 5.93. The van der Waals surface area contributed by atoms with Crippen molar-refractivity contribution in [2.75, 3.05) is 11.9 Å². The number of carbonyl (C=O) groups excluding carboxylic acids is 1. The van der Waals surface area contributed by atoms with Gasteiger partial charge in [0.15, 0.2) is 0 Å². The minimum absolute atomic E-state index is 0.107. The van der Waals surface area contributed by atoms with E-state index in [1.54, 1.807) is 6.20 Å². The quantitative estimate of drug-likeness (QED) is 0.306. The molecule has 1 aliphatic rings. The number of H-pyrrole nitrogens is 1. The number of nitrogens with one attached hydrogen (secondary N) is 3. The first kappa shape index (κ1) is 24.7. The molecule has 0 aliphatic heterocycles. The van der Waals surface area contributed by atoms with Gasteiger partial charge in [-0.2, -0.15) is 0 Å². The van der Waals surface area contributed by atoms with Crippen molar-refractivity contribution in [3.63, 3.8) is 0 Å². The van der Waals surface area contributed by atoms with Crippen LogP contribution < -0.4 is 15.4 Å². The highest BCUT2D eigenvalue weighted by Gasteiger charge is 2.25. The molecule has 3 N–H and O–H groups in total. The summed E-state index contributed by atoms with van der Waals surface area (Å²) in [6.45, 7) is 5.76. The maximum absolute atomic E-state index is 12.1. The van der Waals surface area contributed by atoms with Crippen LogP contribution in [0.2, 0.25) is 5.15 Å². The van der Waals surface area contributed by atoms with Crippen molar-refractivity contribution >= 4 is 34.5 Å². The molecule has 1 amide bonds. The maximum atomic E-state index is 12.1. The summed E-state index contributed by atoms with van der Waals surface area (Å²) < 4.78 is 10.9. The Bertz CT molecular complexity index is 1240. The van der Waals surface area contributed by atoms with Crippen LogP contribution in [-0.4, -0.2) is 45.3 Å². The van der Waals surface area contributed by atoms with E-state index >= 15 is 0 Å². The summed E-state index contributed by atoms with van der Waals surface area (Å²) in [5.41, 5.74) is 2.09. The number of alkyl carbamates (subject to hydrolysis) is 1. The molecule has 35 heavy (non-hydrogen) atoms. The number of hydrogen-bond acceptors (Lipinski definition) is 6. The first-order valence-corrected chi connectivity index (χ1v) is 12.1. The maximum Gasteiger partial charge on any atom is 0.407 e. The molecule has 3 heterocycles. The third kappa shape index (κ3) is 6.58. The monoisotopic (exact) mass is 495 g/mol. The molecule has 4 rings (SSSR count). The van der Waals surface area contributed by atoms with Gasteiger partial charge in [0.25, 0.3) is 0 Å². The summed E-state index contributed by atoms with van der Waals surface area (Å²) in [5, 5.41) is 7.79. The Balaban J connectivity index is 1.43. The van der Waals surface area contributed by atoms with E-state index < -0.39 is 5.60 Å². The first-order valence-electron chi connectivity index (χ1n) is 11.7. The number of aromatic nitrogens is 3. The minimum Gasteiger partial charge on any atom is -0.479 e. The molecule has 0 bridgehead atoms. The van der Waals surface area contributed by atoms with Gasteiger partial charge in [-0.25, -0.2) is 14.8 Å². The highest BCUT2D eigenvalue weighted by molar-refractivity contribution is 6.29. The second-order valence-corrected chi connectivity index (χ2v) is 10.1. The number of fused-ring (bicyclic) bond motifs is 1. The molecule has 0 unspecified atom stereocenters. The second-order valence-electron chi connectivity index (χ2n) is 9.67. The number of terminal acetylenes is 1. The van der Waals surface area contributed by atoms with E-state index in [2.05, 4.69) is 31.5 Å². The van der Waals surface area contributed by atoms with Crippen molar-refractivity contribution < 1.29 is 14.3 Å². The fourth-order valence-corrected chi connectivity index (χ4v) is 4.43. The van der Waals surface area contributed by atoms with Crippen molar-refractivity contribution in [1.82, 2.24) is 20.3 Å². The van der Waals surface area contributed by atoms with Gasteiger partial charge in [-0.3, -0.25) is 0 Å². The predicted octanol–water partition coefficient (Wildman–Crippen LogP) is 5.54. The lowest BCUT2D eigenvalue weighted by Gasteiger charge is -2.30. The lowest BCUT2D eigenvalue weighted by Crippen LogP contribution is -2.42. The second kappa shape index (κ2) is 10.4. The molecule has 1 aliphatic carbocycles. The summed E-state index contributed by atoms with van der Waals surface area (Å²) in [5.74, 6) is 3.77. The van der Waals surface area contributed by atoms with Crippen molar-refractivity contribution in [2.45, 2.75) is 64.1 Å². The number of carbonyl (C=O) groups is 1. The number of anilines is 1. The molecule has 8 nitrogen and oxygen atoms in total. The smallest absolute Gasteiger partial charge is 0.407 e. The zero-order chi connectivity index (χ0) is 25.0. The van der Waals surface area contributed by atoms with Gasteiger partial charge in [0.1, 0.15) is 34.6 Å². The molecular weight excluding hydrogens is 466 g/mol. The molecule has 0 radical (unpaired) electrons. The third-order valence-electron chi connectivity index (χ3n) is 5.73. The number of halogens is 1. The van der Waals surface area contributed by atoms with E-state index in [9.17, 15) is 4.79 Å². The number of hydrogen-bond donors (Lipinski definition) is 3. The van der Waals surface area contributed by atoms with Crippen molar-refractivity contribution in [3.05, 3.63) is 35.7 Å². The molecule has 0 spiro atoms. The first-order chi connectivity index (χ1) is 16.7. The number of amides is 1. The number of pyridine rings is 2. The standard InChI is InChI=1S/C26H30ClN5O3/c1-5-10-34-19-13-20-21(15-29-24(20)28-14-19)16-11-22(27)32-23(12-16)30-17-6-8-18(9-7-17)31-25(33)35-26(2,3)4/h1,11-15,17-18H,6-10H2,2-4H3,(H,28,29)(H,30,32)(H,31,33). The van der Waals surface area contributed by atoms with Gasteiger partial charge in [-0.05, 0) is 70.2 Å². The fraction of sp³-hybridized carbons (Fsp3) is 0.423. The summed E-state index contributed by atoms with van der Waals surface area (Å²) >= 11 is 6.38. The Morgan fingerprint density at radius 1 is 1.23 bits per heavy atom. The number of nitrogens with zero attached hydrogens (tertiary/aromatic N) is 2. The molecule has 3 aromatic rings. The predicted molar refractivity (Wildman–Crippen MR) is 138 cm³/mol. The normalized spacial score (nSPS) is 18.0. The van der Waals surface area contributed by atoms with Crippen LogP contribution in [0, 0.1) is 12.3 Å². The highest BCUT2D eigenvalue weighted by atomic mass is 35.5. The van der Waals surface area contributed by atoms with Gasteiger partial charge in [0.2, 0.25) is 0 Å². The van der Waals surface area contributed by atoms with Crippen molar-refractivity contribution in [3.8, 4) is 29.2 Å². The summed E-state index contributed by atoms with van der Waals surface area (Å²) in [6.07, 6.45) is 12.0. The van der Waals surface area contributed by atoms with Crippen LogP contribution in [0.25, 0.3) is 22.2 Å². The van der Waals surface area contributed by atoms with Crippen LogP contribution in [0.15, 0.2) is 30.6 Å². The molecular formula is C26H30ClN5O3. The van der Waals surface area contributed by atoms with Crippen LogP contribution in [0.4, 0.5) is 10.6 Å². The number of aromatic amines is 1. The lowest BCUT2D eigenvalue weighted by molar-refractivity contribution is 0.0492. The largest absolute Gasteiger partial charge is 0.479 e. The van der Waals surface area contributed by atoms with Gasteiger partial charge in [-0.1, -0.05) is 17.5 Å². The summed E-state index contributed by atoms with van der Waals surface area (Å²) in [4.78, 5) is 24.1. The van der Waals surface area contributed by atoms with Gasteiger partial charge in [0, 0.05) is 29.2 Å². The van der Waals surface area contributed by atoms with Crippen LogP contribution in [-0.2, 0) is 4.74 Å². The summed E-state index contributed by atoms with van der Waals surface area (Å²) in [6, 6.07) is 6.06. The zero-order valence-electron chi connectivity index (χ0n) is 20.2. The van der Waals surface area contributed by atoms with Crippen LogP contribution in [0.5, 0.6) is 5.75 Å².